The molecule has 114 valence electrons. The zero-order chi connectivity index (χ0) is 16.0. The van der Waals surface area contributed by atoms with Crippen LogP contribution in [0.25, 0.3) is 0 Å². The minimum Gasteiger partial charge on any atom is -0.399 e. The van der Waals surface area contributed by atoms with Crippen molar-refractivity contribution >= 4 is 27.5 Å². The predicted molar refractivity (Wildman–Crippen MR) is 71.9 cm³/mol. The van der Waals surface area contributed by atoms with Crippen LogP contribution in [-0.4, -0.2) is 36.6 Å². The van der Waals surface area contributed by atoms with Crippen molar-refractivity contribution in [2.24, 2.45) is 0 Å². The van der Waals surface area contributed by atoms with E-state index < -0.39 is 44.6 Å². The first-order valence-electron chi connectivity index (χ1n) is 5.99. The number of halogens is 1. The van der Waals surface area contributed by atoms with E-state index in [1.807, 2.05) is 5.32 Å². The van der Waals surface area contributed by atoms with Crippen LogP contribution in [0.15, 0.2) is 23.1 Å². The van der Waals surface area contributed by atoms with Crippen molar-refractivity contribution in [2.45, 2.75) is 24.3 Å². The van der Waals surface area contributed by atoms with Gasteiger partial charge < -0.3 is 5.73 Å². The van der Waals surface area contributed by atoms with Crippen molar-refractivity contribution in [2.75, 3.05) is 12.3 Å². The number of carbonyl (C=O) groups excluding carboxylic acids is 2. The van der Waals surface area contributed by atoms with Gasteiger partial charge in [0.25, 0.3) is 0 Å². The molecule has 7 nitrogen and oxygen atoms in total. The third kappa shape index (κ3) is 2.49. The molecule has 1 aromatic carbocycles. The van der Waals surface area contributed by atoms with Crippen LogP contribution in [0, 0.1) is 5.82 Å². The number of nitrogens with one attached hydrogen (secondary N) is 1. The summed E-state index contributed by atoms with van der Waals surface area (Å²) in [5.41, 5.74) is 3.93. The standard InChI is InChI=1S/C12H14FN3O4S/c1-12(2)11(18)15-10(17)6-16(12)21(19,20)9-4-3-7(14)5-8(9)13/h3-5H,6,14H2,1-2H3,(H,15,17,18). The summed E-state index contributed by atoms with van der Waals surface area (Å²) in [6.45, 7) is 2.11. The molecule has 0 spiro atoms. The van der Waals surface area contributed by atoms with Crippen molar-refractivity contribution in [3.05, 3.63) is 24.0 Å². The van der Waals surface area contributed by atoms with Crippen molar-refractivity contribution < 1.29 is 22.4 Å². The maximum atomic E-state index is 13.9. The van der Waals surface area contributed by atoms with Crippen molar-refractivity contribution in [1.29, 1.82) is 0 Å². The molecule has 2 rings (SSSR count). The maximum Gasteiger partial charge on any atom is 0.247 e. The van der Waals surface area contributed by atoms with Crippen LogP contribution in [0.1, 0.15) is 13.8 Å². The molecule has 1 aliphatic heterocycles. The maximum absolute atomic E-state index is 13.9. The van der Waals surface area contributed by atoms with E-state index in [-0.39, 0.29) is 5.69 Å². The second-order valence-corrected chi connectivity index (χ2v) is 6.97. The van der Waals surface area contributed by atoms with Crippen LogP contribution in [-0.2, 0) is 19.6 Å². The van der Waals surface area contributed by atoms with Gasteiger partial charge >= 0.3 is 0 Å². The Kier molecular flexibility index (Phi) is 3.50. The summed E-state index contributed by atoms with van der Waals surface area (Å²) < 4.78 is 39.6. The number of anilines is 1. The normalized spacial score (nSPS) is 19.4. The SMILES string of the molecule is CC1(C)C(=O)NC(=O)CN1S(=O)(=O)c1ccc(N)cc1F. The molecule has 2 amide bonds. The van der Waals surface area contributed by atoms with Crippen molar-refractivity contribution in [3.8, 4) is 0 Å². The number of sulfonamides is 1. The topological polar surface area (TPSA) is 110 Å². The van der Waals surface area contributed by atoms with Gasteiger partial charge in [-0.25, -0.2) is 12.8 Å². The van der Waals surface area contributed by atoms with E-state index in [4.69, 9.17) is 5.73 Å². The number of imide groups is 1. The van der Waals surface area contributed by atoms with E-state index in [0.29, 0.717) is 4.31 Å². The molecule has 0 aliphatic carbocycles. The number of benzene rings is 1. The summed E-state index contributed by atoms with van der Waals surface area (Å²) in [5.74, 6) is -2.57. The van der Waals surface area contributed by atoms with E-state index in [1.165, 1.54) is 19.9 Å². The molecule has 0 radical (unpaired) electrons. The summed E-state index contributed by atoms with van der Waals surface area (Å²) in [6.07, 6.45) is 0. The molecular weight excluding hydrogens is 301 g/mol. The van der Waals surface area contributed by atoms with E-state index >= 15 is 0 Å². The Morgan fingerprint density at radius 1 is 1.33 bits per heavy atom. The van der Waals surface area contributed by atoms with E-state index in [9.17, 15) is 22.4 Å². The average molecular weight is 315 g/mol. The number of amides is 2. The summed E-state index contributed by atoms with van der Waals surface area (Å²) in [6, 6.07) is 3.10. The Bertz CT molecular complexity index is 730. The molecule has 1 heterocycles. The number of hydrogen-bond donors (Lipinski definition) is 2. The zero-order valence-corrected chi connectivity index (χ0v) is 12.2. The van der Waals surface area contributed by atoms with Gasteiger partial charge in [0.05, 0.1) is 6.54 Å². The lowest BCUT2D eigenvalue weighted by molar-refractivity contribution is -0.141. The van der Waals surface area contributed by atoms with Gasteiger partial charge in [-0.2, -0.15) is 4.31 Å². The lowest BCUT2D eigenvalue weighted by Gasteiger charge is -2.38. The number of nitrogen functional groups attached to an aromatic ring is 1. The fraction of sp³-hybridized carbons (Fsp3) is 0.333. The van der Waals surface area contributed by atoms with Gasteiger partial charge in [0, 0.05) is 5.69 Å². The van der Waals surface area contributed by atoms with Gasteiger partial charge in [-0.1, -0.05) is 0 Å². The molecule has 1 aliphatic rings. The molecule has 0 bridgehead atoms. The van der Waals surface area contributed by atoms with E-state index in [1.54, 1.807) is 0 Å². The minimum absolute atomic E-state index is 0.0678. The summed E-state index contributed by atoms with van der Waals surface area (Å²) in [4.78, 5) is 22.6. The number of nitrogens with two attached hydrogens (primary N) is 1. The number of nitrogens with zero attached hydrogens (tertiary/aromatic N) is 1. The van der Waals surface area contributed by atoms with Gasteiger partial charge in [-0.15, -0.1) is 0 Å². The molecule has 1 saturated heterocycles. The fourth-order valence-electron chi connectivity index (χ4n) is 1.99. The van der Waals surface area contributed by atoms with Gasteiger partial charge in [0.2, 0.25) is 21.8 Å². The Balaban J connectivity index is 2.56. The lowest BCUT2D eigenvalue weighted by Crippen LogP contribution is -2.65. The Morgan fingerprint density at radius 3 is 2.52 bits per heavy atom. The smallest absolute Gasteiger partial charge is 0.247 e. The minimum atomic E-state index is -4.36. The molecule has 0 unspecified atom stereocenters. The van der Waals surface area contributed by atoms with Gasteiger partial charge in [-0.05, 0) is 32.0 Å². The van der Waals surface area contributed by atoms with Crippen LogP contribution in [0.3, 0.4) is 0 Å². The molecule has 3 N–H and O–H groups in total. The Labute approximate surface area is 121 Å². The number of carbonyl (C=O) groups is 2. The first-order valence-corrected chi connectivity index (χ1v) is 7.43. The van der Waals surface area contributed by atoms with E-state index in [2.05, 4.69) is 0 Å². The van der Waals surface area contributed by atoms with Crippen LogP contribution in [0.4, 0.5) is 10.1 Å². The lowest BCUT2D eigenvalue weighted by atomic mass is 10.0. The second-order valence-electron chi connectivity index (χ2n) is 5.14. The Morgan fingerprint density at radius 2 is 1.95 bits per heavy atom. The highest BCUT2D eigenvalue weighted by Gasteiger charge is 2.48. The zero-order valence-electron chi connectivity index (χ0n) is 11.4. The molecular formula is C12H14FN3O4S. The molecule has 0 atom stereocenters. The van der Waals surface area contributed by atoms with Gasteiger partial charge in [0.1, 0.15) is 16.3 Å². The number of piperazine rings is 1. The molecule has 9 heteroatoms. The molecule has 1 fully saturated rings. The Hall–Kier alpha value is -2.00. The first-order chi connectivity index (χ1) is 9.56. The average Bonchev–Trinajstić information content (AvgIpc) is 2.33. The third-order valence-corrected chi connectivity index (χ3v) is 5.30. The summed E-state index contributed by atoms with van der Waals surface area (Å²) in [5, 5.41) is 2.05. The van der Waals surface area contributed by atoms with Crippen LogP contribution < -0.4 is 11.1 Å². The van der Waals surface area contributed by atoms with Crippen LogP contribution in [0.2, 0.25) is 0 Å². The van der Waals surface area contributed by atoms with E-state index in [0.717, 1.165) is 12.1 Å². The highest BCUT2D eigenvalue weighted by Crippen LogP contribution is 2.28. The largest absolute Gasteiger partial charge is 0.399 e. The van der Waals surface area contributed by atoms with Crippen LogP contribution >= 0.6 is 0 Å². The fourth-order valence-corrected chi connectivity index (χ4v) is 3.74. The second kappa shape index (κ2) is 4.78. The highest BCUT2D eigenvalue weighted by atomic mass is 32.2. The summed E-state index contributed by atoms with van der Waals surface area (Å²) >= 11 is 0. The quantitative estimate of drug-likeness (QED) is 0.582. The van der Waals surface area contributed by atoms with Crippen LogP contribution in [0.5, 0.6) is 0 Å². The van der Waals surface area contributed by atoms with Gasteiger partial charge in [-0.3, -0.25) is 14.9 Å². The van der Waals surface area contributed by atoms with Gasteiger partial charge in [0.15, 0.2) is 0 Å². The molecule has 1 aromatic rings. The molecule has 0 aromatic heterocycles. The third-order valence-electron chi connectivity index (χ3n) is 3.24. The summed E-state index contributed by atoms with van der Waals surface area (Å²) in [7, 11) is -4.36. The first kappa shape index (κ1) is 15.4. The molecule has 21 heavy (non-hydrogen) atoms. The number of hydrogen-bond acceptors (Lipinski definition) is 5. The predicted octanol–water partition coefficient (Wildman–Crippen LogP) is -0.166. The van der Waals surface area contributed by atoms with Crippen molar-refractivity contribution in [1.82, 2.24) is 9.62 Å². The van der Waals surface area contributed by atoms with Crippen molar-refractivity contribution in [3.63, 3.8) is 0 Å². The highest BCUT2D eigenvalue weighted by molar-refractivity contribution is 7.89. The molecule has 0 saturated carbocycles. The monoisotopic (exact) mass is 315 g/mol. The number of rotatable bonds is 2.